The third-order valence-corrected chi connectivity index (χ3v) is 6.61. The summed E-state index contributed by atoms with van der Waals surface area (Å²) in [6.07, 6.45) is -0.523. The van der Waals surface area contributed by atoms with E-state index >= 15 is 0 Å². The van der Waals surface area contributed by atoms with Crippen molar-refractivity contribution in [1.82, 2.24) is 5.32 Å². The predicted molar refractivity (Wildman–Crippen MR) is 115 cm³/mol. The van der Waals surface area contributed by atoms with E-state index in [1.807, 2.05) is 48.5 Å². The van der Waals surface area contributed by atoms with Gasteiger partial charge in [-0.25, -0.2) is 9.59 Å². The molecule has 4 rings (SSSR count). The Hall–Kier alpha value is -2.64. The fourth-order valence-corrected chi connectivity index (χ4v) is 5.17. The summed E-state index contributed by atoms with van der Waals surface area (Å²) in [6.45, 7) is 0.150. The molecule has 148 valence electrons. The zero-order chi connectivity index (χ0) is 20.4. The molecular formula is C22H18BrNO4S. The van der Waals surface area contributed by atoms with Crippen molar-refractivity contribution >= 4 is 39.3 Å². The Morgan fingerprint density at radius 1 is 1.03 bits per heavy atom. The number of hydrogen-bond donors (Lipinski definition) is 2. The first-order valence-electron chi connectivity index (χ1n) is 9.11. The highest BCUT2D eigenvalue weighted by Gasteiger charge is 2.29. The molecule has 3 aromatic rings. The average molecular weight is 472 g/mol. The summed E-state index contributed by atoms with van der Waals surface area (Å²) in [5.41, 5.74) is 4.51. The van der Waals surface area contributed by atoms with Crippen molar-refractivity contribution in [1.29, 1.82) is 0 Å². The van der Waals surface area contributed by atoms with Crippen LogP contribution in [-0.2, 0) is 16.0 Å². The number of carboxylic acid groups (broad SMARTS) is 1. The van der Waals surface area contributed by atoms with Crippen LogP contribution < -0.4 is 5.32 Å². The van der Waals surface area contributed by atoms with Crippen LogP contribution in [0.25, 0.3) is 11.1 Å². The molecule has 0 radical (unpaired) electrons. The lowest BCUT2D eigenvalue weighted by Gasteiger charge is -2.17. The topological polar surface area (TPSA) is 75.6 Å². The maximum atomic E-state index is 12.3. The molecule has 1 aromatic heterocycles. The summed E-state index contributed by atoms with van der Waals surface area (Å²) in [4.78, 5) is 24.8. The number of carbonyl (C=O) groups is 2. The highest BCUT2D eigenvalue weighted by Crippen LogP contribution is 2.44. The van der Waals surface area contributed by atoms with Gasteiger partial charge in [-0.15, -0.1) is 11.3 Å². The van der Waals surface area contributed by atoms with Crippen molar-refractivity contribution in [2.24, 2.45) is 0 Å². The SMILES string of the molecule is O=C(NC(Cc1ccc(Br)s1)C(=O)O)OCC1c2ccccc2-c2ccccc21. The molecular weight excluding hydrogens is 454 g/mol. The zero-order valence-electron chi connectivity index (χ0n) is 15.3. The van der Waals surface area contributed by atoms with Crippen molar-refractivity contribution in [2.75, 3.05) is 6.61 Å². The van der Waals surface area contributed by atoms with E-state index in [-0.39, 0.29) is 18.9 Å². The second-order valence-corrected chi connectivity index (χ2v) is 9.32. The summed E-state index contributed by atoms with van der Waals surface area (Å²) in [5.74, 6) is -1.16. The molecule has 2 aromatic carbocycles. The maximum Gasteiger partial charge on any atom is 0.407 e. The van der Waals surface area contributed by atoms with Crippen LogP contribution in [0.2, 0.25) is 0 Å². The third-order valence-electron chi connectivity index (χ3n) is 4.97. The molecule has 1 unspecified atom stereocenters. The number of benzene rings is 2. The van der Waals surface area contributed by atoms with Crippen LogP contribution in [0, 0.1) is 0 Å². The summed E-state index contributed by atoms with van der Waals surface area (Å²) in [6, 6.07) is 18.8. The normalized spacial score (nSPS) is 13.4. The molecule has 29 heavy (non-hydrogen) atoms. The fraction of sp³-hybridized carbons (Fsp3) is 0.182. The minimum atomic E-state index is -1.09. The summed E-state index contributed by atoms with van der Waals surface area (Å²) in [7, 11) is 0. The Labute approximate surface area is 180 Å². The van der Waals surface area contributed by atoms with E-state index in [1.54, 1.807) is 0 Å². The summed E-state index contributed by atoms with van der Waals surface area (Å²) < 4.78 is 6.36. The first-order chi connectivity index (χ1) is 14.0. The molecule has 2 N–H and O–H groups in total. The number of fused-ring (bicyclic) bond motifs is 3. The van der Waals surface area contributed by atoms with Crippen molar-refractivity contribution in [3.05, 3.63) is 80.5 Å². The van der Waals surface area contributed by atoms with Crippen LogP contribution in [0.3, 0.4) is 0 Å². The highest BCUT2D eigenvalue weighted by molar-refractivity contribution is 9.11. The van der Waals surface area contributed by atoms with Crippen molar-refractivity contribution in [3.8, 4) is 11.1 Å². The predicted octanol–water partition coefficient (Wildman–Crippen LogP) is 5.05. The lowest BCUT2D eigenvalue weighted by molar-refractivity contribution is -0.139. The van der Waals surface area contributed by atoms with Crippen molar-refractivity contribution in [3.63, 3.8) is 0 Å². The van der Waals surface area contributed by atoms with E-state index in [0.29, 0.717) is 0 Å². The first kappa shape index (κ1) is 19.7. The summed E-state index contributed by atoms with van der Waals surface area (Å²) >= 11 is 4.80. The summed E-state index contributed by atoms with van der Waals surface area (Å²) in [5, 5.41) is 11.9. The number of nitrogens with one attached hydrogen (secondary N) is 1. The molecule has 0 saturated carbocycles. The number of ether oxygens (including phenoxy) is 1. The third kappa shape index (κ3) is 4.21. The molecule has 0 spiro atoms. The van der Waals surface area contributed by atoms with E-state index in [4.69, 9.17) is 4.74 Å². The zero-order valence-corrected chi connectivity index (χ0v) is 17.7. The second-order valence-electron chi connectivity index (χ2n) is 6.77. The van der Waals surface area contributed by atoms with Gasteiger partial charge in [0.15, 0.2) is 0 Å². The molecule has 0 bridgehead atoms. The Morgan fingerprint density at radius 2 is 1.66 bits per heavy atom. The van der Waals surface area contributed by atoms with Crippen LogP contribution in [0.5, 0.6) is 0 Å². The van der Waals surface area contributed by atoms with E-state index in [9.17, 15) is 14.7 Å². The average Bonchev–Trinajstić information content (AvgIpc) is 3.27. The number of carboxylic acids is 1. The molecule has 1 aliphatic carbocycles. The van der Waals surface area contributed by atoms with Gasteiger partial charge in [0.25, 0.3) is 0 Å². The number of rotatable bonds is 6. The maximum absolute atomic E-state index is 12.3. The number of amides is 1. The molecule has 0 fully saturated rings. The van der Waals surface area contributed by atoms with Gasteiger partial charge in [0, 0.05) is 17.2 Å². The van der Waals surface area contributed by atoms with Gasteiger partial charge in [-0.2, -0.15) is 0 Å². The number of hydrogen-bond acceptors (Lipinski definition) is 4. The minimum absolute atomic E-state index is 0.0651. The van der Waals surface area contributed by atoms with Crippen molar-refractivity contribution < 1.29 is 19.4 Å². The molecule has 7 heteroatoms. The van der Waals surface area contributed by atoms with Gasteiger partial charge in [-0.05, 0) is 50.3 Å². The Bertz CT molecular complexity index is 1020. The molecule has 1 heterocycles. The minimum Gasteiger partial charge on any atom is -0.480 e. The second kappa shape index (κ2) is 8.39. The number of thiophene rings is 1. The van der Waals surface area contributed by atoms with Crippen LogP contribution >= 0.6 is 27.3 Å². The first-order valence-corrected chi connectivity index (χ1v) is 10.7. The largest absolute Gasteiger partial charge is 0.480 e. The Kier molecular flexibility index (Phi) is 5.69. The quantitative estimate of drug-likeness (QED) is 0.527. The number of alkyl carbamates (subject to hydrolysis) is 1. The number of carbonyl (C=O) groups excluding carboxylic acids is 1. The molecule has 1 atom stereocenters. The molecule has 1 aliphatic rings. The van der Waals surface area contributed by atoms with E-state index in [0.717, 1.165) is 30.9 Å². The number of halogens is 1. The van der Waals surface area contributed by atoms with Crippen LogP contribution in [0.4, 0.5) is 4.79 Å². The van der Waals surface area contributed by atoms with E-state index in [2.05, 4.69) is 33.4 Å². The highest BCUT2D eigenvalue weighted by atomic mass is 79.9. The lowest BCUT2D eigenvalue weighted by Crippen LogP contribution is -2.42. The van der Waals surface area contributed by atoms with Crippen LogP contribution in [0.1, 0.15) is 21.9 Å². The van der Waals surface area contributed by atoms with Crippen LogP contribution in [0.15, 0.2) is 64.5 Å². The van der Waals surface area contributed by atoms with E-state index < -0.39 is 18.1 Å². The van der Waals surface area contributed by atoms with Gasteiger partial charge in [-0.3, -0.25) is 0 Å². The molecule has 1 amide bonds. The smallest absolute Gasteiger partial charge is 0.407 e. The van der Waals surface area contributed by atoms with Gasteiger partial charge in [0.1, 0.15) is 12.6 Å². The molecule has 0 saturated heterocycles. The standard InChI is InChI=1S/C22H18BrNO4S/c23-20-10-9-13(29-20)11-19(21(25)26)24-22(27)28-12-18-16-7-3-1-5-14(16)15-6-2-4-8-17(15)18/h1-10,18-19H,11-12H2,(H,24,27)(H,25,26). The van der Waals surface area contributed by atoms with Gasteiger partial charge >= 0.3 is 12.1 Å². The van der Waals surface area contributed by atoms with Crippen LogP contribution in [-0.4, -0.2) is 29.8 Å². The fourth-order valence-electron chi connectivity index (χ4n) is 3.65. The number of aliphatic carboxylic acids is 1. The Balaban J connectivity index is 1.43. The van der Waals surface area contributed by atoms with Gasteiger partial charge in [0.2, 0.25) is 0 Å². The van der Waals surface area contributed by atoms with E-state index in [1.165, 1.54) is 11.3 Å². The monoisotopic (exact) mass is 471 g/mol. The Morgan fingerprint density at radius 3 is 2.21 bits per heavy atom. The molecule has 5 nitrogen and oxygen atoms in total. The van der Waals surface area contributed by atoms with Gasteiger partial charge in [-0.1, -0.05) is 48.5 Å². The van der Waals surface area contributed by atoms with Crippen molar-refractivity contribution in [2.45, 2.75) is 18.4 Å². The van der Waals surface area contributed by atoms with Gasteiger partial charge < -0.3 is 15.2 Å². The molecule has 0 aliphatic heterocycles. The lowest BCUT2D eigenvalue weighted by atomic mass is 9.98. The van der Waals surface area contributed by atoms with Gasteiger partial charge in [0.05, 0.1) is 3.79 Å².